The van der Waals surface area contributed by atoms with Gasteiger partial charge in [0.25, 0.3) is 0 Å². The molecule has 0 aromatic carbocycles. The first kappa shape index (κ1) is 12.8. The number of hydrogen-bond acceptors (Lipinski definition) is 4. The highest BCUT2D eigenvalue weighted by Gasteiger charge is 2.07. The third kappa shape index (κ3) is 4.06. The number of thiol groups is 1. The number of pyridine rings is 1. The number of rotatable bonds is 5. The van der Waals surface area contributed by atoms with Gasteiger partial charge in [-0.15, -0.1) is 0 Å². The molecule has 0 atom stereocenters. The van der Waals surface area contributed by atoms with Crippen LogP contribution in [0.4, 0.5) is 0 Å². The van der Waals surface area contributed by atoms with Crippen molar-refractivity contribution >= 4 is 24.7 Å². The summed E-state index contributed by atoms with van der Waals surface area (Å²) >= 11 is 4.10. The molecule has 0 N–H and O–H groups in total. The lowest BCUT2D eigenvalue weighted by Crippen LogP contribution is -2.07. The molecule has 0 spiro atoms. The lowest BCUT2D eigenvalue weighted by Gasteiger charge is -2.01. The third-order valence-electron chi connectivity index (χ3n) is 1.84. The highest BCUT2D eigenvalue weighted by molar-refractivity contribution is 7.80. The van der Waals surface area contributed by atoms with Crippen molar-refractivity contribution < 1.29 is 9.53 Å². The summed E-state index contributed by atoms with van der Waals surface area (Å²) in [4.78, 5) is 15.6. The molecule has 1 heterocycles. The highest BCUT2D eigenvalue weighted by Crippen LogP contribution is 2.04. The van der Waals surface area contributed by atoms with Crippen molar-refractivity contribution in [1.82, 2.24) is 4.98 Å². The van der Waals surface area contributed by atoms with E-state index in [-0.39, 0.29) is 5.97 Å². The molecule has 3 nitrogen and oxygen atoms in total. The third-order valence-corrected chi connectivity index (χ3v) is 2.10. The lowest BCUT2D eigenvalue weighted by molar-refractivity contribution is 0.0519. The number of aromatic nitrogens is 1. The van der Waals surface area contributed by atoms with Gasteiger partial charge in [0.05, 0.1) is 12.3 Å². The van der Waals surface area contributed by atoms with Gasteiger partial charge >= 0.3 is 5.97 Å². The summed E-state index contributed by atoms with van der Waals surface area (Å²) in [5, 5.41) is 0. The Balaban J connectivity index is 2.74. The molecule has 1 rings (SSSR count). The van der Waals surface area contributed by atoms with E-state index < -0.39 is 0 Å². The molecule has 1 aromatic heterocycles. The zero-order chi connectivity index (χ0) is 11.8. The summed E-state index contributed by atoms with van der Waals surface area (Å²) in [7, 11) is 0. The molecule has 4 heteroatoms. The summed E-state index contributed by atoms with van der Waals surface area (Å²) < 4.78 is 4.87. The summed E-state index contributed by atoms with van der Waals surface area (Å²) in [6.07, 6.45) is 4.73. The summed E-state index contributed by atoms with van der Waals surface area (Å²) in [6.45, 7) is 2.13. The second kappa shape index (κ2) is 7.06. The van der Waals surface area contributed by atoms with Crippen LogP contribution in [0.2, 0.25) is 0 Å². The van der Waals surface area contributed by atoms with Crippen LogP contribution in [0.15, 0.2) is 24.3 Å². The van der Waals surface area contributed by atoms with Gasteiger partial charge in [-0.25, -0.2) is 9.78 Å². The highest BCUT2D eigenvalue weighted by atomic mass is 32.1. The molecule has 0 unspecified atom stereocenters. The van der Waals surface area contributed by atoms with Crippen LogP contribution in [0.5, 0.6) is 0 Å². The van der Waals surface area contributed by atoms with E-state index in [2.05, 4.69) is 17.6 Å². The average Bonchev–Trinajstić information content (AvgIpc) is 2.30. The first-order valence-corrected chi connectivity index (χ1v) is 5.82. The van der Waals surface area contributed by atoms with Crippen molar-refractivity contribution in [2.24, 2.45) is 0 Å². The first-order valence-electron chi connectivity index (χ1n) is 5.19. The molecule has 0 aliphatic carbocycles. The van der Waals surface area contributed by atoms with Crippen LogP contribution >= 0.6 is 12.6 Å². The Morgan fingerprint density at radius 3 is 3.06 bits per heavy atom. The minimum Gasteiger partial charge on any atom is -0.461 e. The van der Waals surface area contributed by atoms with E-state index in [9.17, 15) is 4.79 Å². The summed E-state index contributed by atoms with van der Waals surface area (Å²) in [5.41, 5.74) is 1.10. The zero-order valence-corrected chi connectivity index (χ0v) is 10.1. The first-order chi connectivity index (χ1) is 7.77. The number of allylic oxidation sites excluding steroid dienone is 1. The van der Waals surface area contributed by atoms with E-state index in [0.717, 1.165) is 17.9 Å². The predicted octanol–water partition coefficient (Wildman–Crippen LogP) is 2.59. The molecule has 0 saturated carbocycles. The van der Waals surface area contributed by atoms with Crippen LogP contribution in [-0.4, -0.2) is 23.3 Å². The Morgan fingerprint density at radius 1 is 1.56 bits per heavy atom. The monoisotopic (exact) mass is 237 g/mol. The molecular weight excluding hydrogens is 222 g/mol. The molecule has 0 radical (unpaired) electrons. The minimum atomic E-state index is -0.382. The molecule has 0 aliphatic heterocycles. The summed E-state index contributed by atoms with van der Waals surface area (Å²) in [5.74, 6) is 0.417. The molecule has 0 saturated heterocycles. The van der Waals surface area contributed by atoms with Gasteiger partial charge in [0, 0.05) is 0 Å². The van der Waals surface area contributed by atoms with Crippen LogP contribution in [0, 0.1) is 0 Å². The molecule has 0 amide bonds. The van der Waals surface area contributed by atoms with E-state index in [1.807, 2.05) is 18.2 Å². The van der Waals surface area contributed by atoms with Gasteiger partial charge in [-0.2, -0.15) is 12.6 Å². The van der Waals surface area contributed by atoms with Crippen LogP contribution in [0.3, 0.4) is 0 Å². The average molecular weight is 237 g/mol. The number of carbonyl (C=O) groups is 1. The molecule has 0 aliphatic rings. The number of hydrogen-bond donors (Lipinski definition) is 1. The standard InChI is InChI=1S/C12H15NO2S/c1-2-15-12(14)11-8-5-7-10(13-11)6-3-4-9-16/h3,5-8,16H,2,4,9H2,1H3. The second-order valence-corrected chi connectivity index (χ2v) is 3.53. The van der Waals surface area contributed by atoms with Crippen LogP contribution in [0.1, 0.15) is 29.5 Å². The molecule has 16 heavy (non-hydrogen) atoms. The Hall–Kier alpha value is -1.29. The Morgan fingerprint density at radius 2 is 2.38 bits per heavy atom. The van der Waals surface area contributed by atoms with Gasteiger partial charge in [-0.3, -0.25) is 0 Å². The van der Waals surface area contributed by atoms with E-state index in [0.29, 0.717) is 12.3 Å². The fourth-order valence-electron chi connectivity index (χ4n) is 1.14. The van der Waals surface area contributed by atoms with Crippen molar-refractivity contribution in [3.63, 3.8) is 0 Å². The number of carbonyl (C=O) groups excluding carboxylic acids is 1. The van der Waals surface area contributed by atoms with E-state index in [1.165, 1.54) is 0 Å². The van der Waals surface area contributed by atoms with Gasteiger partial charge < -0.3 is 4.74 Å². The van der Waals surface area contributed by atoms with Crippen molar-refractivity contribution in [3.8, 4) is 0 Å². The van der Waals surface area contributed by atoms with Crippen LogP contribution in [0.25, 0.3) is 6.08 Å². The Kier molecular flexibility index (Phi) is 5.64. The quantitative estimate of drug-likeness (QED) is 0.632. The smallest absolute Gasteiger partial charge is 0.356 e. The normalized spacial score (nSPS) is 10.6. The van der Waals surface area contributed by atoms with E-state index in [4.69, 9.17) is 4.74 Å². The topological polar surface area (TPSA) is 39.2 Å². The largest absolute Gasteiger partial charge is 0.461 e. The molecule has 86 valence electrons. The maximum atomic E-state index is 11.4. The number of ether oxygens (including phenoxy) is 1. The van der Waals surface area contributed by atoms with Gasteiger partial charge in [0.2, 0.25) is 0 Å². The zero-order valence-electron chi connectivity index (χ0n) is 9.22. The minimum absolute atomic E-state index is 0.342. The molecule has 0 bridgehead atoms. The molecular formula is C12H15NO2S. The van der Waals surface area contributed by atoms with Gasteiger partial charge in [0.15, 0.2) is 0 Å². The Labute approximate surface area is 101 Å². The van der Waals surface area contributed by atoms with Gasteiger partial charge in [0.1, 0.15) is 5.69 Å². The van der Waals surface area contributed by atoms with E-state index in [1.54, 1.807) is 19.1 Å². The fraction of sp³-hybridized carbons (Fsp3) is 0.333. The van der Waals surface area contributed by atoms with Gasteiger partial charge in [-0.1, -0.05) is 12.1 Å². The maximum absolute atomic E-state index is 11.4. The van der Waals surface area contributed by atoms with Crippen LogP contribution < -0.4 is 0 Å². The molecule has 1 aromatic rings. The maximum Gasteiger partial charge on any atom is 0.356 e. The second-order valence-electron chi connectivity index (χ2n) is 3.08. The lowest BCUT2D eigenvalue weighted by atomic mass is 10.2. The predicted molar refractivity (Wildman–Crippen MR) is 67.7 cm³/mol. The van der Waals surface area contributed by atoms with E-state index >= 15 is 0 Å². The number of esters is 1. The number of nitrogens with zero attached hydrogens (tertiary/aromatic N) is 1. The fourth-order valence-corrected chi connectivity index (χ4v) is 1.29. The van der Waals surface area contributed by atoms with Crippen LogP contribution in [-0.2, 0) is 4.74 Å². The van der Waals surface area contributed by atoms with Crippen molar-refractivity contribution in [3.05, 3.63) is 35.7 Å². The Bertz CT molecular complexity index is 377. The van der Waals surface area contributed by atoms with Crippen molar-refractivity contribution in [2.75, 3.05) is 12.4 Å². The molecule has 0 fully saturated rings. The van der Waals surface area contributed by atoms with Crippen molar-refractivity contribution in [1.29, 1.82) is 0 Å². The SMILES string of the molecule is CCOC(=O)c1cccc(C=CCCS)n1. The van der Waals surface area contributed by atoms with Gasteiger partial charge in [-0.05, 0) is 37.3 Å². The summed E-state index contributed by atoms with van der Waals surface area (Å²) in [6, 6.07) is 5.28. The van der Waals surface area contributed by atoms with Crippen molar-refractivity contribution in [2.45, 2.75) is 13.3 Å².